The number of hydrogen-bond acceptors (Lipinski definition) is 3. The van der Waals surface area contributed by atoms with Crippen LogP contribution in [0.3, 0.4) is 0 Å². The van der Waals surface area contributed by atoms with Gasteiger partial charge in [0.05, 0.1) is 12.5 Å². The van der Waals surface area contributed by atoms with Crippen LogP contribution >= 0.6 is 11.8 Å². The van der Waals surface area contributed by atoms with Crippen molar-refractivity contribution < 1.29 is 14.7 Å². The number of carbonyl (C=O) groups is 2. The Morgan fingerprint density at radius 3 is 2.75 bits per heavy atom. The van der Waals surface area contributed by atoms with E-state index in [0.29, 0.717) is 6.54 Å². The first-order valence-electron chi connectivity index (χ1n) is 7.52. The van der Waals surface area contributed by atoms with Crippen LogP contribution in [0.15, 0.2) is 0 Å². The van der Waals surface area contributed by atoms with Crippen molar-refractivity contribution in [2.45, 2.75) is 52.0 Å². The van der Waals surface area contributed by atoms with E-state index in [1.165, 1.54) is 6.42 Å². The molecular weight excluding hydrogens is 274 g/mol. The molecule has 1 aliphatic heterocycles. The highest BCUT2D eigenvalue weighted by atomic mass is 32.2. The number of thioether (sulfide) groups is 1. The molecule has 2 fully saturated rings. The van der Waals surface area contributed by atoms with E-state index < -0.39 is 5.97 Å². The molecule has 1 saturated heterocycles. The van der Waals surface area contributed by atoms with E-state index in [1.54, 1.807) is 11.8 Å². The van der Waals surface area contributed by atoms with Gasteiger partial charge in [-0.1, -0.05) is 26.7 Å². The van der Waals surface area contributed by atoms with Crippen LogP contribution < -0.4 is 0 Å². The molecule has 2 atom stereocenters. The van der Waals surface area contributed by atoms with Crippen molar-refractivity contribution in [2.24, 2.45) is 11.3 Å². The highest BCUT2D eigenvalue weighted by molar-refractivity contribution is 7.99. The first kappa shape index (κ1) is 15.7. The third-order valence-electron chi connectivity index (χ3n) is 4.73. The van der Waals surface area contributed by atoms with Gasteiger partial charge in [0.15, 0.2) is 0 Å². The van der Waals surface area contributed by atoms with Gasteiger partial charge >= 0.3 is 5.97 Å². The SMILES string of the molecule is CC1(C)CCCCC1C(=O)N1CCSCC1CC(=O)O. The molecular formula is C15H25NO3S. The first-order valence-corrected chi connectivity index (χ1v) is 8.67. The van der Waals surface area contributed by atoms with Crippen LogP contribution in [0.5, 0.6) is 0 Å². The number of amides is 1. The van der Waals surface area contributed by atoms with Gasteiger partial charge in [-0.25, -0.2) is 0 Å². The minimum Gasteiger partial charge on any atom is -0.481 e. The molecule has 5 heteroatoms. The predicted octanol–water partition coefficient (Wildman–Crippen LogP) is 2.62. The van der Waals surface area contributed by atoms with Crippen molar-refractivity contribution in [3.63, 3.8) is 0 Å². The summed E-state index contributed by atoms with van der Waals surface area (Å²) in [6.07, 6.45) is 4.44. The Hall–Kier alpha value is -0.710. The van der Waals surface area contributed by atoms with Crippen LogP contribution in [0.1, 0.15) is 46.0 Å². The molecule has 0 spiro atoms. The average Bonchev–Trinajstić information content (AvgIpc) is 2.37. The second kappa shape index (κ2) is 6.37. The molecule has 4 nitrogen and oxygen atoms in total. The zero-order valence-corrected chi connectivity index (χ0v) is 13.2. The van der Waals surface area contributed by atoms with Crippen molar-refractivity contribution in [3.05, 3.63) is 0 Å². The normalized spacial score (nSPS) is 30.0. The molecule has 0 radical (unpaired) electrons. The lowest BCUT2D eigenvalue weighted by molar-refractivity contribution is -0.145. The molecule has 2 aliphatic rings. The highest BCUT2D eigenvalue weighted by Crippen LogP contribution is 2.42. The van der Waals surface area contributed by atoms with Gasteiger partial charge in [-0.2, -0.15) is 11.8 Å². The van der Waals surface area contributed by atoms with E-state index in [9.17, 15) is 9.59 Å². The molecule has 0 aromatic carbocycles. The van der Waals surface area contributed by atoms with Crippen LogP contribution in [-0.4, -0.2) is 46.0 Å². The number of carboxylic acid groups (broad SMARTS) is 1. The fourth-order valence-corrected chi connectivity index (χ4v) is 4.53. The Morgan fingerprint density at radius 1 is 1.35 bits per heavy atom. The lowest BCUT2D eigenvalue weighted by Crippen LogP contribution is -2.52. The minimum atomic E-state index is -0.807. The molecule has 1 heterocycles. The molecule has 2 rings (SSSR count). The van der Waals surface area contributed by atoms with Gasteiger partial charge in [0.1, 0.15) is 0 Å². The molecule has 1 N–H and O–H groups in total. The molecule has 114 valence electrons. The van der Waals surface area contributed by atoms with E-state index in [1.807, 2.05) is 4.90 Å². The Morgan fingerprint density at radius 2 is 2.10 bits per heavy atom. The summed E-state index contributed by atoms with van der Waals surface area (Å²) in [6, 6.07) is -0.128. The molecule has 2 unspecified atom stereocenters. The fourth-order valence-electron chi connectivity index (χ4n) is 3.47. The average molecular weight is 299 g/mol. The van der Waals surface area contributed by atoms with E-state index in [0.717, 1.165) is 30.8 Å². The van der Waals surface area contributed by atoms with Gasteiger partial charge in [-0.3, -0.25) is 9.59 Å². The minimum absolute atomic E-state index is 0.0493. The van der Waals surface area contributed by atoms with Crippen molar-refractivity contribution in [3.8, 4) is 0 Å². The van der Waals surface area contributed by atoms with E-state index >= 15 is 0 Å². The lowest BCUT2D eigenvalue weighted by atomic mass is 9.68. The number of hydrogen-bond donors (Lipinski definition) is 1. The predicted molar refractivity (Wildman–Crippen MR) is 80.8 cm³/mol. The second-order valence-corrected chi connectivity index (χ2v) is 7.80. The van der Waals surface area contributed by atoms with Gasteiger partial charge in [-0.15, -0.1) is 0 Å². The summed E-state index contributed by atoms with van der Waals surface area (Å²) < 4.78 is 0. The first-order chi connectivity index (χ1) is 9.42. The van der Waals surface area contributed by atoms with E-state index in [2.05, 4.69) is 13.8 Å². The molecule has 0 bridgehead atoms. The molecule has 20 heavy (non-hydrogen) atoms. The smallest absolute Gasteiger partial charge is 0.305 e. The summed E-state index contributed by atoms with van der Waals surface area (Å²) in [4.78, 5) is 25.7. The largest absolute Gasteiger partial charge is 0.481 e. The maximum absolute atomic E-state index is 12.9. The van der Waals surface area contributed by atoms with Crippen LogP contribution in [0.4, 0.5) is 0 Å². The Balaban J connectivity index is 2.10. The van der Waals surface area contributed by atoms with Crippen LogP contribution in [-0.2, 0) is 9.59 Å². The number of carbonyl (C=O) groups excluding carboxylic acids is 1. The standard InChI is InChI=1S/C15H25NO3S/c1-15(2)6-4-3-5-12(15)14(19)16-7-8-20-10-11(16)9-13(17)18/h11-12H,3-10H2,1-2H3,(H,17,18). The molecule has 0 aromatic rings. The Labute approximate surface area is 125 Å². The summed E-state index contributed by atoms with van der Waals surface area (Å²) in [6.45, 7) is 5.06. The van der Waals surface area contributed by atoms with Gasteiger partial charge in [0.2, 0.25) is 5.91 Å². The highest BCUT2D eigenvalue weighted by Gasteiger charge is 2.41. The quantitative estimate of drug-likeness (QED) is 0.870. The number of carboxylic acids is 1. The van der Waals surface area contributed by atoms with Gasteiger partial charge in [0.25, 0.3) is 0 Å². The summed E-state index contributed by atoms with van der Waals surface area (Å²) >= 11 is 1.76. The van der Waals surface area contributed by atoms with Crippen molar-refractivity contribution in [2.75, 3.05) is 18.1 Å². The van der Waals surface area contributed by atoms with E-state index in [-0.39, 0.29) is 29.7 Å². The zero-order valence-electron chi connectivity index (χ0n) is 12.4. The van der Waals surface area contributed by atoms with Crippen molar-refractivity contribution >= 4 is 23.6 Å². The lowest BCUT2D eigenvalue weighted by Gasteiger charge is -2.43. The third-order valence-corrected chi connectivity index (χ3v) is 5.82. The molecule has 1 saturated carbocycles. The maximum Gasteiger partial charge on any atom is 0.305 e. The van der Waals surface area contributed by atoms with Gasteiger partial charge < -0.3 is 10.0 Å². The third kappa shape index (κ3) is 3.48. The second-order valence-electron chi connectivity index (χ2n) is 6.65. The number of aliphatic carboxylic acids is 1. The summed E-state index contributed by atoms with van der Waals surface area (Å²) in [5.41, 5.74) is 0.0493. The molecule has 1 amide bonds. The number of nitrogens with zero attached hydrogens (tertiary/aromatic N) is 1. The summed E-state index contributed by atoms with van der Waals surface area (Å²) in [7, 11) is 0. The monoisotopic (exact) mass is 299 g/mol. The van der Waals surface area contributed by atoms with Crippen LogP contribution in [0, 0.1) is 11.3 Å². The van der Waals surface area contributed by atoms with Crippen LogP contribution in [0.25, 0.3) is 0 Å². The topological polar surface area (TPSA) is 57.6 Å². The van der Waals surface area contributed by atoms with Gasteiger partial charge in [-0.05, 0) is 18.3 Å². The zero-order chi connectivity index (χ0) is 14.8. The summed E-state index contributed by atoms with van der Waals surface area (Å²) in [5, 5.41) is 9.03. The number of rotatable bonds is 3. The molecule has 1 aliphatic carbocycles. The van der Waals surface area contributed by atoms with Crippen molar-refractivity contribution in [1.82, 2.24) is 4.90 Å². The maximum atomic E-state index is 12.9. The Kier molecular flexibility index (Phi) is 4.99. The Bertz CT molecular complexity index is 383. The van der Waals surface area contributed by atoms with Crippen LogP contribution in [0.2, 0.25) is 0 Å². The summed E-state index contributed by atoms with van der Waals surface area (Å²) in [5.74, 6) is 1.13. The molecule has 0 aromatic heterocycles. The van der Waals surface area contributed by atoms with Crippen molar-refractivity contribution in [1.29, 1.82) is 0 Å². The fraction of sp³-hybridized carbons (Fsp3) is 0.867. The van der Waals surface area contributed by atoms with E-state index in [4.69, 9.17) is 5.11 Å². The van der Waals surface area contributed by atoms with Gasteiger partial charge in [0, 0.05) is 24.0 Å².